The van der Waals surface area contributed by atoms with Gasteiger partial charge in [0.15, 0.2) is 5.69 Å². The third-order valence-corrected chi connectivity index (χ3v) is 3.37. The number of carbonyl (C=O) groups excluding carboxylic acids is 1. The van der Waals surface area contributed by atoms with Crippen LogP contribution in [0.2, 0.25) is 0 Å². The van der Waals surface area contributed by atoms with E-state index in [0.717, 1.165) is 3.57 Å². The van der Waals surface area contributed by atoms with Crippen LogP contribution >= 0.6 is 22.6 Å². The van der Waals surface area contributed by atoms with Gasteiger partial charge < -0.3 is 5.32 Å². The molecule has 1 amide bonds. The SMILES string of the molecule is O=C(Nc1cc(I)ccn1)c1n[nH]c2cc(F)ccc12. The second-order valence-corrected chi connectivity index (χ2v) is 5.32. The van der Waals surface area contributed by atoms with Gasteiger partial charge in [0.1, 0.15) is 11.6 Å². The molecule has 0 unspecified atom stereocenters. The molecule has 3 rings (SSSR count). The Balaban J connectivity index is 1.93. The van der Waals surface area contributed by atoms with Crippen LogP contribution in [0.15, 0.2) is 36.5 Å². The third kappa shape index (κ3) is 2.48. The van der Waals surface area contributed by atoms with Gasteiger partial charge in [0.05, 0.1) is 5.52 Å². The van der Waals surface area contributed by atoms with Crippen molar-refractivity contribution in [1.29, 1.82) is 0 Å². The first-order valence-corrected chi connectivity index (χ1v) is 6.78. The summed E-state index contributed by atoms with van der Waals surface area (Å²) in [6, 6.07) is 7.67. The van der Waals surface area contributed by atoms with Crippen molar-refractivity contribution >= 4 is 45.2 Å². The van der Waals surface area contributed by atoms with Crippen LogP contribution in [0.3, 0.4) is 0 Å². The van der Waals surface area contributed by atoms with Crippen LogP contribution < -0.4 is 5.32 Å². The summed E-state index contributed by atoms with van der Waals surface area (Å²) in [7, 11) is 0. The number of halogens is 2. The summed E-state index contributed by atoms with van der Waals surface area (Å²) in [6.07, 6.45) is 1.61. The number of rotatable bonds is 2. The number of pyridine rings is 1. The minimum absolute atomic E-state index is 0.209. The largest absolute Gasteiger partial charge is 0.305 e. The lowest BCUT2D eigenvalue weighted by molar-refractivity contribution is 0.102. The van der Waals surface area contributed by atoms with Crippen molar-refractivity contribution in [3.63, 3.8) is 0 Å². The molecule has 7 heteroatoms. The number of fused-ring (bicyclic) bond motifs is 1. The highest BCUT2D eigenvalue weighted by Gasteiger charge is 2.15. The van der Waals surface area contributed by atoms with Gasteiger partial charge in [-0.05, 0) is 52.9 Å². The first-order chi connectivity index (χ1) is 9.63. The molecule has 0 radical (unpaired) electrons. The number of aromatic nitrogens is 3. The zero-order valence-corrected chi connectivity index (χ0v) is 12.2. The Morgan fingerprint density at radius 3 is 2.95 bits per heavy atom. The monoisotopic (exact) mass is 382 g/mol. The predicted octanol–water partition coefficient (Wildman–Crippen LogP) is 2.95. The summed E-state index contributed by atoms with van der Waals surface area (Å²) in [4.78, 5) is 16.2. The fourth-order valence-electron chi connectivity index (χ4n) is 1.81. The van der Waals surface area contributed by atoms with Crippen LogP contribution in [0.25, 0.3) is 10.9 Å². The maximum atomic E-state index is 13.1. The molecule has 5 nitrogen and oxygen atoms in total. The second-order valence-electron chi connectivity index (χ2n) is 4.08. The molecular formula is C13H8FIN4O. The zero-order valence-electron chi connectivity index (χ0n) is 10.0. The van der Waals surface area contributed by atoms with Gasteiger partial charge >= 0.3 is 0 Å². The average molecular weight is 382 g/mol. The number of hydrogen-bond donors (Lipinski definition) is 2. The number of aromatic amines is 1. The number of nitrogens with zero attached hydrogens (tertiary/aromatic N) is 2. The molecule has 0 spiro atoms. The Hall–Kier alpha value is -2.03. The van der Waals surface area contributed by atoms with E-state index < -0.39 is 5.91 Å². The quantitative estimate of drug-likeness (QED) is 0.670. The highest BCUT2D eigenvalue weighted by atomic mass is 127. The van der Waals surface area contributed by atoms with Gasteiger partial charge in [0, 0.05) is 15.2 Å². The summed E-state index contributed by atoms with van der Waals surface area (Å²) in [5.74, 6) is -0.329. The standard InChI is InChI=1S/C13H8FIN4O/c14-7-1-2-9-10(5-7)18-19-12(9)13(20)17-11-6-8(15)3-4-16-11/h1-6H,(H,18,19)(H,16,17,20). The molecule has 0 saturated heterocycles. The van der Waals surface area contributed by atoms with Gasteiger partial charge in [-0.2, -0.15) is 5.10 Å². The lowest BCUT2D eigenvalue weighted by atomic mass is 10.2. The fraction of sp³-hybridized carbons (Fsp3) is 0. The van der Waals surface area contributed by atoms with Gasteiger partial charge in [-0.3, -0.25) is 9.89 Å². The summed E-state index contributed by atoms with van der Waals surface area (Å²) < 4.78 is 14.0. The molecule has 0 saturated carbocycles. The number of anilines is 1. The average Bonchev–Trinajstić information content (AvgIpc) is 2.81. The molecule has 2 N–H and O–H groups in total. The van der Waals surface area contributed by atoms with Gasteiger partial charge in [-0.25, -0.2) is 9.37 Å². The van der Waals surface area contributed by atoms with Crippen molar-refractivity contribution in [2.24, 2.45) is 0 Å². The first-order valence-electron chi connectivity index (χ1n) is 5.70. The molecule has 0 aliphatic rings. The molecule has 100 valence electrons. The van der Waals surface area contributed by atoms with E-state index in [2.05, 4.69) is 43.1 Å². The maximum Gasteiger partial charge on any atom is 0.277 e. The van der Waals surface area contributed by atoms with Crippen LogP contribution in [0.1, 0.15) is 10.5 Å². The molecule has 1 aromatic carbocycles. The molecule has 0 fully saturated rings. The number of benzene rings is 1. The molecule has 0 aliphatic heterocycles. The van der Waals surface area contributed by atoms with Crippen LogP contribution in [0.5, 0.6) is 0 Å². The molecule has 2 heterocycles. The lowest BCUT2D eigenvalue weighted by Gasteiger charge is -2.02. The lowest BCUT2D eigenvalue weighted by Crippen LogP contribution is -2.13. The van der Waals surface area contributed by atoms with Gasteiger partial charge in [0.2, 0.25) is 0 Å². The van der Waals surface area contributed by atoms with Crippen molar-refractivity contribution < 1.29 is 9.18 Å². The molecule has 2 aromatic heterocycles. The van der Waals surface area contributed by atoms with Crippen LogP contribution in [0.4, 0.5) is 10.2 Å². The Morgan fingerprint density at radius 2 is 2.15 bits per heavy atom. The van der Waals surface area contributed by atoms with E-state index in [4.69, 9.17) is 0 Å². The zero-order chi connectivity index (χ0) is 14.1. The summed E-state index contributed by atoms with van der Waals surface area (Å²) in [5.41, 5.74) is 0.686. The summed E-state index contributed by atoms with van der Waals surface area (Å²) in [6.45, 7) is 0. The smallest absolute Gasteiger partial charge is 0.277 e. The van der Waals surface area contributed by atoms with Crippen LogP contribution in [0, 0.1) is 9.39 Å². The van der Waals surface area contributed by atoms with Gasteiger partial charge in [-0.1, -0.05) is 0 Å². The Bertz CT molecular complexity index is 802. The molecule has 0 atom stereocenters. The summed E-state index contributed by atoms with van der Waals surface area (Å²) in [5, 5.41) is 9.78. The van der Waals surface area contributed by atoms with E-state index in [1.807, 2.05) is 6.07 Å². The van der Waals surface area contributed by atoms with Crippen LogP contribution in [-0.2, 0) is 0 Å². The molecule has 20 heavy (non-hydrogen) atoms. The number of hydrogen-bond acceptors (Lipinski definition) is 3. The maximum absolute atomic E-state index is 13.1. The van der Waals surface area contributed by atoms with Gasteiger partial charge in [0.25, 0.3) is 5.91 Å². The van der Waals surface area contributed by atoms with Crippen molar-refractivity contribution in [1.82, 2.24) is 15.2 Å². The van der Waals surface area contributed by atoms with Crippen molar-refractivity contribution in [3.8, 4) is 0 Å². The van der Waals surface area contributed by atoms with E-state index in [0.29, 0.717) is 16.7 Å². The molecule has 0 bridgehead atoms. The normalized spacial score (nSPS) is 10.7. The van der Waals surface area contributed by atoms with Crippen molar-refractivity contribution in [3.05, 3.63) is 51.6 Å². The Labute approximate surface area is 126 Å². The number of amides is 1. The van der Waals surface area contributed by atoms with Crippen molar-refractivity contribution in [2.45, 2.75) is 0 Å². The second kappa shape index (κ2) is 5.16. The fourth-order valence-corrected chi connectivity index (χ4v) is 2.27. The third-order valence-electron chi connectivity index (χ3n) is 2.70. The van der Waals surface area contributed by atoms with E-state index in [1.54, 1.807) is 12.3 Å². The number of nitrogens with one attached hydrogen (secondary N) is 2. The molecular weight excluding hydrogens is 374 g/mol. The van der Waals surface area contributed by atoms with E-state index in [-0.39, 0.29) is 11.5 Å². The molecule has 0 aliphatic carbocycles. The predicted molar refractivity (Wildman–Crippen MR) is 81.0 cm³/mol. The minimum Gasteiger partial charge on any atom is -0.305 e. The molecule has 3 aromatic rings. The summed E-state index contributed by atoms with van der Waals surface area (Å²) >= 11 is 2.13. The highest BCUT2D eigenvalue weighted by molar-refractivity contribution is 14.1. The van der Waals surface area contributed by atoms with Crippen LogP contribution in [-0.4, -0.2) is 21.1 Å². The first kappa shape index (κ1) is 13.0. The number of H-pyrrole nitrogens is 1. The van der Waals surface area contributed by atoms with Crippen molar-refractivity contribution in [2.75, 3.05) is 5.32 Å². The Kier molecular flexibility index (Phi) is 3.35. The van der Waals surface area contributed by atoms with E-state index in [1.165, 1.54) is 18.2 Å². The Morgan fingerprint density at radius 1 is 1.30 bits per heavy atom. The van der Waals surface area contributed by atoms with Gasteiger partial charge in [-0.15, -0.1) is 0 Å². The minimum atomic E-state index is -0.391. The van der Waals surface area contributed by atoms with E-state index >= 15 is 0 Å². The number of carbonyl (C=O) groups is 1. The van der Waals surface area contributed by atoms with E-state index in [9.17, 15) is 9.18 Å². The topological polar surface area (TPSA) is 70.7 Å². The highest BCUT2D eigenvalue weighted by Crippen LogP contribution is 2.18.